The summed E-state index contributed by atoms with van der Waals surface area (Å²) in [5, 5.41) is 0.0519. The van der Waals surface area contributed by atoms with Gasteiger partial charge in [0.05, 0.1) is 26.6 Å². The van der Waals surface area contributed by atoms with Crippen LogP contribution < -0.4 is 0 Å². The van der Waals surface area contributed by atoms with Crippen molar-refractivity contribution in [3.63, 3.8) is 0 Å². The van der Waals surface area contributed by atoms with E-state index in [2.05, 4.69) is 18.9 Å². The van der Waals surface area contributed by atoms with E-state index >= 15 is 0 Å². The molecule has 0 bridgehead atoms. The van der Waals surface area contributed by atoms with E-state index in [9.17, 15) is 0 Å². The molecular formula is C12H20BNO. The van der Waals surface area contributed by atoms with Gasteiger partial charge in [0.15, 0.2) is 0 Å². The van der Waals surface area contributed by atoms with E-state index in [1.807, 2.05) is 0 Å². The fourth-order valence-electron chi connectivity index (χ4n) is 3.92. The molecule has 2 heterocycles. The van der Waals surface area contributed by atoms with Gasteiger partial charge in [-0.25, -0.2) is 0 Å². The number of hydrogen-bond donors (Lipinski definition) is 0. The number of ether oxygens (including phenoxy) is 1. The zero-order chi connectivity index (χ0) is 10.7. The Morgan fingerprint density at radius 3 is 2.67 bits per heavy atom. The van der Waals surface area contributed by atoms with Gasteiger partial charge in [-0.2, -0.15) is 0 Å². The Balaban J connectivity index is 1.88. The van der Waals surface area contributed by atoms with Crippen LogP contribution in [0.25, 0.3) is 0 Å². The van der Waals surface area contributed by atoms with Crippen LogP contribution in [0.5, 0.6) is 0 Å². The van der Waals surface area contributed by atoms with Gasteiger partial charge in [-0.1, -0.05) is 25.1 Å². The molecule has 0 amide bonds. The maximum absolute atomic E-state index is 6.46. The molecule has 3 aliphatic rings. The van der Waals surface area contributed by atoms with Crippen LogP contribution >= 0.6 is 0 Å². The summed E-state index contributed by atoms with van der Waals surface area (Å²) in [4.78, 5) is 2.57. The first-order chi connectivity index (χ1) is 7.05. The monoisotopic (exact) mass is 205 g/mol. The molecule has 0 N–H and O–H groups in total. The Morgan fingerprint density at radius 2 is 2.13 bits per heavy atom. The minimum Gasteiger partial charge on any atom is -0.377 e. The molecule has 3 atom stereocenters. The second kappa shape index (κ2) is 3.01. The van der Waals surface area contributed by atoms with Gasteiger partial charge in [0, 0.05) is 6.04 Å². The zero-order valence-electron chi connectivity index (χ0n) is 9.83. The van der Waals surface area contributed by atoms with Gasteiger partial charge in [-0.3, -0.25) is 4.90 Å². The summed E-state index contributed by atoms with van der Waals surface area (Å²) >= 11 is 0. The highest BCUT2D eigenvalue weighted by Gasteiger charge is 2.57. The van der Waals surface area contributed by atoms with Gasteiger partial charge in [-0.15, -0.1) is 0 Å². The van der Waals surface area contributed by atoms with Crippen molar-refractivity contribution >= 4 is 7.85 Å². The van der Waals surface area contributed by atoms with Gasteiger partial charge in [0.25, 0.3) is 0 Å². The maximum atomic E-state index is 6.46. The highest BCUT2D eigenvalue weighted by molar-refractivity contribution is 6.15. The number of hydrogen-bond acceptors (Lipinski definition) is 2. The average molecular weight is 205 g/mol. The van der Waals surface area contributed by atoms with Crippen molar-refractivity contribution in [1.29, 1.82) is 0 Å². The summed E-state index contributed by atoms with van der Waals surface area (Å²) in [6.45, 7) is 4.09. The molecule has 2 saturated heterocycles. The number of fused-ring (bicyclic) bond motifs is 1. The first-order valence-corrected chi connectivity index (χ1v) is 6.15. The molecule has 1 aliphatic carbocycles. The summed E-state index contributed by atoms with van der Waals surface area (Å²) in [6, 6.07) is 0.706. The predicted molar refractivity (Wildman–Crippen MR) is 61.2 cm³/mol. The number of nitrogens with zero attached hydrogens (tertiary/aromatic N) is 1. The van der Waals surface area contributed by atoms with Gasteiger partial charge >= 0.3 is 0 Å². The quantitative estimate of drug-likeness (QED) is 0.557. The normalized spacial score (nSPS) is 48.9. The molecule has 2 radical (unpaired) electrons. The molecule has 3 heteroatoms. The van der Waals surface area contributed by atoms with Gasteiger partial charge in [0.2, 0.25) is 0 Å². The van der Waals surface area contributed by atoms with Crippen LogP contribution in [0, 0.1) is 5.92 Å². The van der Waals surface area contributed by atoms with Crippen LogP contribution in [-0.2, 0) is 4.74 Å². The summed E-state index contributed by atoms with van der Waals surface area (Å²) in [6.07, 6.45) is 5.06. The summed E-state index contributed by atoms with van der Waals surface area (Å²) in [5.41, 5.74) is 0.348. The lowest BCUT2D eigenvalue weighted by Gasteiger charge is -2.45. The molecule has 2 nitrogen and oxygen atoms in total. The number of likely N-dealkylation sites (tertiary alicyclic amines) is 1. The molecule has 0 aromatic rings. The predicted octanol–water partition coefficient (Wildman–Crippen LogP) is 1.61. The molecule has 3 fully saturated rings. The standard InChI is InChI=1S/C12H20BNO/c1-11(13)5-3-4-10-9(11)6-12(14(10)2)7-15-8-12/h9-10H,3-8H2,1-2H3. The topological polar surface area (TPSA) is 12.5 Å². The highest BCUT2D eigenvalue weighted by Crippen LogP contribution is 2.56. The van der Waals surface area contributed by atoms with Crippen LogP contribution in [0.4, 0.5) is 0 Å². The van der Waals surface area contributed by atoms with Crippen molar-refractivity contribution in [1.82, 2.24) is 4.90 Å². The van der Waals surface area contributed by atoms with E-state index in [4.69, 9.17) is 12.6 Å². The Hall–Kier alpha value is -0.0151. The molecular weight excluding hydrogens is 185 g/mol. The number of likely N-dealkylation sites (N-methyl/N-ethyl adjacent to an activating group) is 1. The molecule has 1 saturated carbocycles. The highest BCUT2D eigenvalue weighted by atomic mass is 16.5. The van der Waals surface area contributed by atoms with Gasteiger partial charge in [0.1, 0.15) is 0 Å². The van der Waals surface area contributed by atoms with Crippen molar-refractivity contribution in [3.05, 3.63) is 0 Å². The van der Waals surface area contributed by atoms with Crippen LogP contribution in [-0.4, -0.2) is 44.6 Å². The van der Waals surface area contributed by atoms with Crippen molar-refractivity contribution in [2.45, 2.75) is 49.5 Å². The lowest BCUT2D eigenvalue weighted by atomic mass is 9.54. The molecule has 3 unspecified atom stereocenters. The second-order valence-electron chi connectivity index (χ2n) is 6.10. The largest absolute Gasteiger partial charge is 0.377 e. The summed E-state index contributed by atoms with van der Waals surface area (Å²) < 4.78 is 5.42. The van der Waals surface area contributed by atoms with E-state index in [0.29, 0.717) is 17.5 Å². The maximum Gasteiger partial charge on any atom is 0.0747 e. The van der Waals surface area contributed by atoms with Gasteiger partial charge in [-0.05, 0) is 25.8 Å². The fraction of sp³-hybridized carbons (Fsp3) is 1.00. The van der Waals surface area contributed by atoms with Crippen LogP contribution in [0.2, 0.25) is 5.31 Å². The average Bonchev–Trinajstić information content (AvgIpc) is 2.40. The Kier molecular flexibility index (Phi) is 2.04. The van der Waals surface area contributed by atoms with E-state index < -0.39 is 0 Å². The summed E-state index contributed by atoms with van der Waals surface area (Å²) in [5.74, 6) is 0.681. The first-order valence-electron chi connectivity index (χ1n) is 6.15. The van der Waals surface area contributed by atoms with E-state index in [1.54, 1.807) is 0 Å². The molecule has 15 heavy (non-hydrogen) atoms. The van der Waals surface area contributed by atoms with Crippen LogP contribution in [0.1, 0.15) is 32.6 Å². The fourth-order valence-corrected chi connectivity index (χ4v) is 3.92. The van der Waals surface area contributed by atoms with Crippen LogP contribution in [0.15, 0.2) is 0 Å². The third-order valence-electron chi connectivity index (χ3n) is 5.11. The van der Waals surface area contributed by atoms with E-state index in [1.165, 1.54) is 25.7 Å². The Labute approximate surface area is 93.8 Å². The zero-order valence-corrected chi connectivity index (χ0v) is 9.83. The Bertz CT molecular complexity index is 275. The first kappa shape index (κ1) is 10.2. The van der Waals surface area contributed by atoms with E-state index in [0.717, 1.165) is 13.2 Å². The van der Waals surface area contributed by atoms with Crippen molar-refractivity contribution in [2.75, 3.05) is 20.3 Å². The molecule has 82 valence electrons. The second-order valence-corrected chi connectivity index (χ2v) is 6.10. The van der Waals surface area contributed by atoms with E-state index in [-0.39, 0.29) is 5.31 Å². The molecule has 1 spiro atoms. The third-order valence-corrected chi connectivity index (χ3v) is 5.11. The number of rotatable bonds is 0. The molecule has 0 aromatic heterocycles. The van der Waals surface area contributed by atoms with Crippen molar-refractivity contribution in [2.24, 2.45) is 5.92 Å². The van der Waals surface area contributed by atoms with Gasteiger partial charge < -0.3 is 4.74 Å². The molecule has 0 aromatic carbocycles. The van der Waals surface area contributed by atoms with Crippen molar-refractivity contribution in [3.8, 4) is 0 Å². The lowest BCUT2D eigenvalue weighted by Crippen LogP contribution is -2.58. The SMILES string of the molecule is [B]C1(C)CCCC2C1CC1(COC1)N2C. The smallest absolute Gasteiger partial charge is 0.0747 e. The Morgan fingerprint density at radius 1 is 1.40 bits per heavy atom. The minimum atomic E-state index is 0.0519. The third kappa shape index (κ3) is 1.26. The van der Waals surface area contributed by atoms with Crippen LogP contribution in [0.3, 0.4) is 0 Å². The molecule has 3 rings (SSSR count). The minimum absolute atomic E-state index is 0.0519. The molecule has 2 aliphatic heterocycles. The van der Waals surface area contributed by atoms with Crippen molar-refractivity contribution < 1.29 is 4.74 Å². The summed E-state index contributed by atoms with van der Waals surface area (Å²) in [7, 11) is 8.73. The lowest BCUT2D eigenvalue weighted by molar-refractivity contribution is -0.122.